The predicted molar refractivity (Wildman–Crippen MR) is 110 cm³/mol. The first-order valence-corrected chi connectivity index (χ1v) is 11.6. The molecule has 0 spiro atoms. The Morgan fingerprint density at radius 1 is 1.21 bits per heavy atom. The molecule has 0 aromatic heterocycles. The molecule has 10 heteroatoms. The van der Waals surface area contributed by atoms with Gasteiger partial charge in [-0.25, -0.2) is 13.2 Å². The second kappa shape index (κ2) is 9.82. The van der Waals surface area contributed by atoms with Crippen molar-refractivity contribution in [1.29, 1.82) is 0 Å². The summed E-state index contributed by atoms with van der Waals surface area (Å²) in [6, 6.07) is 4.08. The van der Waals surface area contributed by atoms with E-state index in [1.807, 2.05) is 0 Å². The summed E-state index contributed by atoms with van der Waals surface area (Å²) in [4.78, 5) is 35.5. The van der Waals surface area contributed by atoms with Gasteiger partial charge in [-0.15, -0.1) is 0 Å². The van der Waals surface area contributed by atoms with Gasteiger partial charge in [0.05, 0.1) is 10.5 Å². The summed E-state index contributed by atoms with van der Waals surface area (Å²) in [5, 5.41) is 2.11. The molecule has 2 rings (SSSR count). The Morgan fingerprint density at radius 2 is 1.83 bits per heavy atom. The van der Waals surface area contributed by atoms with Gasteiger partial charge in [0.15, 0.2) is 6.61 Å². The Hall–Kier alpha value is -1.78. The second-order valence-corrected chi connectivity index (χ2v) is 10.3. The lowest BCUT2D eigenvalue weighted by molar-refractivity contribution is -0.133. The van der Waals surface area contributed by atoms with E-state index in [-0.39, 0.29) is 16.4 Å². The minimum atomic E-state index is -3.75. The van der Waals surface area contributed by atoms with Gasteiger partial charge in [-0.2, -0.15) is 4.31 Å². The molecule has 2 amide bonds. The summed E-state index contributed by atoms with van der Waals surface area (Å²) in [6.45, 7) is 5.56. The summed E-state index contributed by atoms with van der Waals surface area (Å²) < 4.78 is 32.6. The van der Waals surface area contributed by atoms with Crippen LogP contribution in [0.3, 0.4) is 0 Å². The molecule has 1 aliphatic rings. The van der Waals surface area contributed by atoms with Crippen molar-refractivity contribution < 1.29 is 27.5 Å². The van der Waals surface area contributed by atoms with E-state index in [0.717, 1.165) is 12.8 Å². The Labute approximate surface area is 179 Å². The molecular weight excluding hydrogens is 464 g/mol. The Morgan fingerprint density at radius 3 is 2.41 bits per heavy atom. The SMILES string of the molecule is CC1CCN(S(=O)(=O)c2cc(Br)cc(C(=O)OCC(=O)NC(=O)C(C)C)c2)CC1. The highest BCUT2D eigenvalue weighted by atomic mass is 79.9. The van der Waals surface area contributed by atoms with Crippen molar-refractivity contribution in [2.75, 3.05) is 19.7 Å². The number of carbonyl (C=O) groups is 3. The summed E-state index contributed by atoms with van der Waals surface area (Å²) in [6.07, 6.45) is 1.57. The number of nitrogens with one attached hydrogen (secondary N) is 1. The molecule has 0 aliphatic carbocycles. The Bertz CT molecular complexity index is 892. The van der Waals surface area contributed by atoms with Crippen LogP contribution in [0.4, 0.5) is 0 Å². The van der Waals surface area contributed by atoms with E-state index in [1.165, 1.54) is 22.5 Å². The molecule has 1 aromatic rings. The number of sulfonamides is 1. The van der Waals surface area contributed by atoms with Gasteiger partial charge in [0, 0.05) is 23.5 Å². The van der Waals surface area contributed by atoms with Crippen LogP contribution in [0.1, 0.15) is 44.0 Å². The van der Waals surface area contributed by atoms with Gasteiger partial charge in [0.2, 0.25) is 15.9 Å². The summed E-state index contributed by atoms with van der Waals surface area (Å²) in [7, 11) is -3.75. The van der Waals surface area contributed by atoms with Crippen LogP contribution in [0.5, 0.6) is 0 Å². The van der Waals surface area contributed by atoms with Crippen molar-refractivity contribution in [2.24, 2.45) is 11.8 Å². The number of hydrogen-bond donors (Lipinski definition) is 1. The standard InChI is InChI=1S/C19H25BrN2O6S/c1-12(2)18(24)21-17(23)11-28-19(25)14-8-15(20)10-16(9-14)29(26,27)22-6-4-13(3)5-7-22/h8-10,12-13H,4-7,11H2,1-3H3,(H,21,23,24). The van der Waals surface area contributed by atoms with Crippen molar-refractivity contribution in [2.45, 2.75) is 38.5 Å². The molecule has 8 nitrogen and oxygen atoms in total. The molecule has 0 unspecified atom stereocenters. The monoisotopic (exact) mass is 488 g/mol. The minimum Gasteiger partial charge on any atom is -0.452 e. The van der Waals surface area contributed by atoms with Gasteiger partial charge in [-0.3, -0.25) is 14.9 Å². The van der Waals surface area contributed by atoms with Gasteiger partial charge in [0.25, 0.3) is 5.91 Å². The average molecular weight is 489 g/mol. The molecular formula is C19H25BrN2O6S. The van der Waals surface area contributed by atoms with Crippen molar-refractivity contribution in [3.05, 3.63) is 28.2 Å². The number of carbonyl (C=O) groups excluding carboxylic acids is 3. The van der Waals surface area contributed by atoms with E-state index < -0.39 is 34.4 Å². The summed E-state index contributed by atoms with van der Waals surface area (Å²) >= 11 is 3.22. The highest BCUT2D eigenvalue weighted by Crippen LogP contribution is 2.26. The van der Waals surface area contributed by atoms with Crippen molar-refractivity contribution >= 4 is 43.7 Å². The Balaban J connectivity index is 2.10. The molecule has 1 N–H and O–H groups in total. The van der Waals surface area contributed by atoms with Crippen LogP contribution in [0.15, 0.2) is 27.6 Å². The van der Waals surface area contributed by atoms with Crippen LogP contribution in [-0.2, 0) is 24.3 Å². The highest BCUT2D eigenvalue weighted by Gasteiger charge is 2.29. The van der Waals surface area contributed by atoms with E-state index in [1.54, 1.807) is 13.8 Å². The molecule has 160 valence electrons. The number of rotatable bonds is 6. The third kappa shape index (κ3) is 6.35. The van der Waals surface area contributed by atoms with Crippen LogP contribution < -0.4 is 5.32 Å². The van der Waals surface area contributed by atoms with Gasteiger partial charge in [-0.1, -0.05) is 36.7 Å². The second-order valence-electron chi connectivity index (χ2n) is 7.41. The molecule has 0 radical (unpaired) electrons. The maximum absolute atomic E-state index is 12.9. The fraction of sp³-hybridized carbons (Fsp3) is 0.526. The molecule has 0 atom stereocenters. The lowest BCUT2D eigenvalue weighted by atomic mass is 10.0. The molecule has 1 aromatic carbocycles. The number of piperidine rings is 1. The number of ether oxygens (including phenoxy) is 1. The normalized spacial score (nSPS) is 15.9. The van der Waals surface area contributed by atoms with Crippen molar-refractivity contribution in [3.8, 4) is 0 Å². The first-order valence-electron chi connectivity index (χ1n) is 9.32. The highest BCUT2D eigenvalue weighted by molar-refractivity contribution is 9.10. The van der Waals surface area contributed by atoms with Crippen LogP contribution in [0.2, 0.25) is 0 Å². The molecule has 0 bridgehead atoms. The van der Waals surface area contributed by atoms with Crippen molar-refractivity contribution in [3.63, 3.8) is 0 Å². The zero-order valence-electron chi connectivity index (χ0n) is 16.6. The summed E-state index contributed by atoms with van der Waals surface area (Å²) in [5.74, 6) is -1.99. The molecule has 1 saturated heterocycles. The van der Waals surface area contributed by atoms with E-state index >= 15 is 0 Å². The quantitative estimate of drug-likeness (QED) is 0.615. The number of halogens is 1. The average Bonchev–Trinajstić information content (AvgIpc) is 2.65. The van der Waals surface area contributed by atoms with Crippen LogP contribution >= 0.6 is 15.9 Å². The molecule has 1 heterocycles. The predicted octanol–water partition coefficient (Wildman–Crippen LogP) is 2.33. The van der Waals surface area contributed by atoms with E-state index in [2.05, 4.69) is 28.2 Å². The third-order valence-corrected chi connectivity index (χ3v) is 6.94. The molecule has 1 fully saturated rings. The van der Waals surface area contributed by atoms with E-state index in [9.17, 15) is 22.8 Å². The first-order chi connectivity index (χ1) is 13.5. The number of hydrogen-bond acceptors (Lipinski definition) is 6. The van der Waals surface area contributed by atoms with Crippen LogP contribution in [0.25, 0.3) is 0 Å². The van der Waals surface area contributed by atoms with Crippen LogP contribution in [-0.4, -0.2) is 50.2 Å². The first kappa shape index (κ1) is 23.5. The molecule has 1 aliphatic heterocycles. The van der Waals surface area contributed by atoms with Gasteiger partial charge >= 0.3 is 5.97 Å². The van der Waals surface area contributed by atoms with Crippen molar-refractivity contribution in [1.82, 2.24) is 9.62 Å². The lowest BCUT2D eigenvalue weighted by Crippen LogP contribution is -2.38. The number of imide groups is 1. The molecule has 29 heavy (non-hydrogen) atoms. The number of nitrogens with zero attached hydrogens (tertiary/aromatic N) is 1. The maximum Gasteiger partial charge on any atom is 0.338 e. The smallest absolute Gasteiger partial charge is 0.338 e. The fourth-order valence-electron chi connectivity index (χ4n) is 2.74. The zero-order chi connectivity index (χ0) is 21.8. The van der Waals surface area contributed by atoms with E-state index in [4.69, 9.17) is 4.74 Å². The van der Waals surface area contributed by atoms with Crippen LogP contribution in [0, 0.1) is 11.8 Å². The number of esters is 1. The van der Waals surface area contributed by atoms with Gasteiger partial charge < -0.3 is 4.74 Å². The minimum absolute atomic E-state index is 0.00804. The lowest BCUT2D eigenvalue weighted by Gasteiger charge is -2.29. The fourth-order valence-corrected chi connectivity index (χ4v) is 4.92. The third-order valence-electron chi connectivity index (χ3n) is 4.61. The van der Waals surface area contributed by atoms with Gasteiger partial charge in [-0.05, 0) is 37.0 Å². The maximum atomic E-state index is 12.9. The van der Waals surface area contributed by atoms with Gasteiger partial charge in [0.1, 0.15) is 0 Å². The number of amides is 2. The zero-order valence-corrected chi connectivity index (χ0v) is 19.0. The largest absolute Gasteiger partial charge is 0.452 e. The summed E-state index contributed by atoms with van der Waals surface area (Å²) in [5.41, 5.74) is -0.00804. The van der Waals surface area contributed by atoms with E-state index in [0.29, 0.717) is 23.5 Å². The molecule has 0 saturated carbocycles. The Kier molecular flexibility index (Phi) is 7.95. The topological polar surface area (TPSA) is 110 Å². The number of benzene rings is 1.